The van der Waals surface area contributed by atoms with Crippen molar-refractivity contribution in [2.45, 2.75) is 0 Å². The normalized spacial score (nSPS) is 10.1. The minimum atomic E-state index is -1.17. The highest BCUT2D eigenvalue weighted by atomic mass is 19.1. The highest BCUT2D eigenvalue weighted by molar-refractivity contribution is 5.89. The number of carboxylic acid groups (broad SMARTS) is 1. The summed E-state index contributed by atoms with van der Waals surface area (Å²) in [6, 6.07) is 10.9. The molecule has 0 fully saturated rings. The molecule has 0 unspecified atom stereocenters. The third-order valence-corrected chi connectivity index (χ3v) is 2.47. The van der Waals surface area contributed by atoms with E-state index >= 15 is 0 Å². The third kappa shape index (κ3) is 2.57. The quantitative estimate of drug-likeness (QED) is 0.712. The predicted octanol–water partition coefficient (Wildman–Crippen LogP) is 3.16. The van der Waals surface area contributed by atoms with Crippen LogP contribution in [0.2, 0.25) is 0 Å². The van der Waals surface area contributed by atoms with Crippen LogP contribution < -0.4 is 11.1 Å². The van der Waals surface area contributed by atoms with Gasteiger partial charge in [-0.15, -0.1) is 0 Å². The Labute approximate surface area is 103 Å². The molecule has 2 aromatic carbocycles. The van der Waals surface area contributed by atoms with E-state index in [2.05, 4.69) is 5.32 Å². The molecule has 0 saturated carbocycles. The van der Waals surface area contributed by atoms with E-state index in [-0.39, 0.29) is 5.82 Å². The first-order valence-corrected chi connectivity index (χ1v) is 5.21. The maximum atomic E-state index is 12.8. The van der Waals surface area contributed by atoms with Crippen LogP contribution in [-0.4, -0.2) is 11.2 Å². The van der Waals surface area contributed by atoms with Crippen molar-refractivity contribution in [3.63, 3.8) is 0 Å². The molecule has 0 aliphatic heterocycles. The van der Waals surface area contributed by atoms with E-state index in [1.165, 1.54) is 12.1 Å². The number of benzene rings is 2. The van der Waals surface area contributed by atoms with Crippen molar-refractivity contribution in [2.75, 3.05) is 11.1 Å². The molecule has 0 saturated heterocycles. The smallest absolute Gasteiger partial charge is 0.409 e. The second-order valence-electron chi connectivity index (χ2n) is 3.74. The Hall–Kier alpha value is -2.56. The van der Waals surface area contributed by atoms with Gasteiger partial charge in [-0.25, -0.2) is 9.18 Å². The van der Waals surface area contributed by atoms with Crippen LogP contribution in [0.1, 0.15) is 0 Å². The highest BCUT2D eigenvalue weighted by Gasteiger charge is 2.05. The number of anilines is 2. The summed E-state index contributed by atoms with van der Waals surface area (Å²) in [5, 5.41) is 10.8. The second-order valence-corrected chi connectivity index (χ2v) is 3.74. The third-order valence-electron chi connectivity index (χ3n) is 2.47. The molecule has 2 rings (SSSR count). The first kappa shape index (κ1) is 11.9. The molecule has 0 aliphatic rings. The average Bonchev–Trinajstić information content (AvgIpc) is 2.32. The number of rotatable bonds is 2. The minimum absolute atomic E-state index is 0.309. The van der Waals surface area contributed by atoms with Gasteiger partial charge in [-0.3, -0.25) is 5.32 Å². The van der Waals surface area contributed by atoms with Gasteiger partial charge in [0, 0.05) is 0 Å². The van der Waals surface area contributed by atoms with Crippen molar-refractivity contribution in [2.24, 2.45) is 0 Å². The summed E-state index contributed by atoms with van der Waals surface area (Å²) in [4.78, 5) is 10.5. The number of nitrogens with two attached hydrogens (primary N) is 1. The van der Waals surface area contributed by atoms with Gasteiger partial charge in [0.2, 0.25) is 0 Å². The van der Waals surface area contributed by atoms with Crippen LogP contribution in [0.3, 0.4) is 0 Å². The Balaban J connectivity index is 2.33. The molecule has 0 bridgehead atoms. The molecule has 18 heavy (non-hydrogen) atoms. The first-order valence-electron chi connectivity index (χ1n) is 5.21. The van der Waals surface area contributed by atoms with E-state index in [0.717, 1.165) is 11.1 Å². The summed E-state index contributed by atoms with van der Waals surface area (Å²) in [5.74, 6) is -0.309. The van der Waals surface area contributed by atoms with Crippen LogP contribution in [0.5, 0.6) is 0 Å². The van der Waals surface area contributed by atoms with Gasteiger partial charge in [-0.2, -0.15) is 0 Å². The van der Waals surface area contributed by atoms with E-state index in [0.29, 0.717) is 11.4 Å². The average molecular weight is 246 g/mol. The molecule has 0 heterocycles. The second kappa shape index (κ2) is 4.75. The summed E-state index contributed by atoms with van der Waals surface area (Å²) in [5.41, 5.74) is 7.99. The Bertz CT molecular complexity index is 582. The van der Waals surface area contributed by atoms with E-state index in [9.17, 15) is 9.18 Å². The number of carbonyl (C=O) groups is 1. The molecular formula is C13H11FN2O2. The van der Waals surface area contributed by atoms with Gasteiger partial charge in [-0.05, 0) is 35.4 Å². The van der Waals surface area contributed by atoms with Gasteiger partial charge in [0.25, 0.3) is 0 Å². The number of hydrogen-bond acceptors (Lipinski definition) is 2. The fraction of sp³-hybridized carbons (Fsp3) is 0. The monoisotopic (exact) mass is 246 g/mol. The molecule has 0 spiro atoms. The van der Waals surface area contributed by atoms with Crippen molar-refractivity contribution >= 4 is 17.5 Å². The van der Waals surface area contributed by atoms with Crippen molar-refractivity contribution in [1.82, 2.24) is 0 Å². The van der Waals surface area contributed by atoms with Crippen LogP contribution in [0.15, 0.2) is 42.5 Å². The van der Waals surface area contributed by atoms with Gasteiger partial charge in [-0.1, -0.05) is 18.2 Å². The molecule has 1 amide bonds. The maximum Gasteiger partial charge on any atom is 0.409 e. The first-order chi connectivity index (χ1) is 8.56. The number of nitrogens with one attached hydrogen (secondary N) is 1. The molecule has 0 aliphatic carbocycles. The Morgan fingerprint density at radius 3 is 2.28 bits per heavy atom. The lowest BCUT2D eigenvalue weighted by atomic mass is 10.0. The number of hydrogen-bond donors (Lipinski definition) is 3. The molecular weight excluding hydrogens is 235 g/mol. The Morgan fingerprint density at radius 1 is 1.11 bits per heavy atom. The number of nitrogen functional groups attached to an aromatic ring is 1. The van der Waals surface area contributed by atoms with Crippen molar-refractivity contribution < 1.29 is 14.3 Å². The Morgan fingerprint density at radius 2 is 1.72 bits per heavy atom. The molecule has 4 nitrogen and oxygen atoms in total. The molecule has 0 atom stereocenters. The predicted molar refractivity (Wildman–Crippen MR) is 67.9 cm³/mol. The van der Waals surface area contributed by atoms with E-state index in [1.54, 1.807) is 30.3 Å². The van der Waals surface area contributed by atoms with E-state index < -0.39 is 6.09 Å². The van der Waals surface area contributed by atoms with Crippen molar-refractivity contribution in [3.05, 3.63) is 48.3 Å². The zero-order valence-electron chi connectivity index (χ0n) is 9.35. The van der Waals surface area contributed by atoms with Crippen LogP contribution in [0.4, 0.5) is 20.6 Å². The van der Waals surface area contributed by atoms with Crippen LogP contribution in [0, 0.1) is 5.82 Å². The van der Waals surface area contributed by atoms with Crippen molar-refractivity contribution in [3.8, 4) is 11.1 Å². The lowest BCUT2D eigenvalue weighted by Crippen LogP contribution is -2.09. The maximum absolute atomic E-state index is 12.8. The van der Waals surface area contributed by atoms with E-state index in [1.807, 2.05) is 0 Å². The molecule has 2 aromatic rings. The molecule has 0 aromatic heterocycles. The molecule has 5 heteroatoms. The molecule has 4 N–H and O–H groups in total. The largest absolute Gasteiger partial charge is 0.465 e. The fourth-order valence-corrected chi connectivity index (χ4v) is 1.61. The number of halogens is 1. The minimum Gasteiger partial charge on any atom is -0.465 e. The summed E-state index contributed by atoms with van der Waals surface area (Å²) in [7, 11) is 0. The lowest BCUT2D eigenvalue weighted by molar-refractivity contribution is 0.210. The van der Waals surface area contributed by atoms with E-state index in [4.69, 9.17) is 10.8 Å². The van der Waals surface area contributed by atoms with Gasteiger partial charge in [0.1, 0.15) is 5.82 Å². The van der Waals surface area contributed by atoms with Crippen LogP contribution >= 0.6 is 0 Å². The Kier molecular flexibility index (Phi) is 3.14. The molecule has 92 valence electrons. The zero-order chi connectivity index (χ0) is 13.1. The standard InChI is InChI=1S/C13H11FN2O2/c14-10-4-1-8(2-5-10)9-3-6-12(11(15)7-9)16-13(17)18/h1-7,16H,15H2,(H,17,18). The summed E-state index contributed by atoms with van der Waals surface area (Å²) >= 11 is 0. The van der Waals surface area contributed by atoms with Gasteiger partial charge < -0.3 is 10.8 Å². The van der Waals surface area contributed by atoms with Gasteiger partial charge in [0.05, 0.1) is 11.4 Å². The summed E-state index contributed by atoms with van der Waals surface area (Å²) < 4.78 is 12.8. The SMILES string of the molecule is Nc1cc(-c2ccc(F)cc2)ccc1NC(=O)O. The zero-order valence-corrected chi connectivity index (χ0v) is 9.35. The van der Waals surface area contributed by atoms with Crippen LogP contribution in [0.25, 0.3) is 11.1 Å². The fourth-order valence-electron chi connectivity index (χ4n) is 1.61. The lowest BCUT2D eigenvalue weighted by Gasteiger charge is -2.08. The van der Waals surface area contributed by atoms with Crippen LogP contribution in [-0.2, 0) is 0 Å². The molecule has 0 radical (unpaired) electrons. The summed E-state index contributed by atoms with van der Waals surface area (Å²) in [6.45, 7) is 0. The number of amides is 1. The van der Waals surface area contributed by atoms with Crippen molar-refractivity contribution in [1.29, 1.82) is 0 Å². The van der Waals surface area contributed by atoms with Gasteiger partial charge >= 0.3 is 6.09 Å². The summed E-state index contributed by atoms with van der Waals surface area (Å²) in [6.07, 6.45) is -1.17. The topological polar surface area (TPSA) is 75.3 Å². The van der Waals surface area contributed by atoms with Gasteiger partial charge in [0.15, 0.2) is 0 Å². The highest BCUT2D eigenvalue weighted by Crippen LogP contribution is 2.27.